The summed E-state index contributed by atoms with van der Waals surface area (Å²) < 4.78 is 5.93. The van der Waals surface area contributed by atoms with E-state index in [9.17, 15) is 4.79 Å². The second kappa shape index (κ2) is 6.16. The van der Waals surface area contributed by atoms with Crippen molar-refractivity contribution in [3.05, 3.63) is 30.3 Å². The number of hydrogen-bond acceptors (Lipinski definition) is 2. The van der Waals surface area contributed by atoms with Gasteiger partial charge in [-0.2, -0.15) is 0 Å². The summed E-state index contributed by atoms with van der Waals surface area (Å²) in [5.41, 5.74) is -0.186. The fourth-order valence-electron chi connectivity index (χ4n) is 2.27. The molecule has 1 heterocycles. The molecule has 0 aromatic heterocycles. The van der Waals surface area contributed by atoms with Crippen LogP contribution in [0.5, 0.6) is 5.75 Å². The molecule has 0 bridgehead atoms. The van der Waals surface area contributed by atoms with E-state index in [0.29, 0.717) is 0 Å². The first-order valence-corrected chi connectivity index (χ1v) is 7.23. The lowest BCUT2D eigenvalue weighted by Crippen LogP contribution is -2.51. The van der Waals surface area contributed by atoms with Gasteiger partial charge in [-0.05, 0) is 32.9 Å². The molecule has 1 aliphatic rings. The fourth-order valence-corrected chi connectivity index (χ4v) is 2.27. The van der Waals surface area contributed by atoms with Crippen LogP contribution in [0.25, 0.3) is 0 Å². The highest BCUT2D eigenvalue weighted by molar-refractivity contribution is 5.75. The molecule has 1 N–H and O–H groups in total. The van der Waals surface area contributed by atoms with Gasteiger partial charge in [-0.15, -0.1) is 0 Å². The maximum Gasteiger partial charge on any atom is 0.317 e. The topological polar surface area (TPSA) is 41.6 Å². The summed E-state index contributed by atoms with van der Waals surface area (Å²) in [5, 5.41) is 3.00. The third-order valence-electron chi connectivity index (χ3n) is 3.26. The number of urea groups is 1. The van der Waals surface area contributed by atoms with Crippen LogP contribution in [0.1, 0.15) is 33.6 Å². The van der Waals surface area contributed by atoms with Gasteiger partial charge in [0, 0.05) is 31.5 Å². The SMILES string of the molecule is CC(C)(C)NC(=O)N1CCC(Oc2ccccc2)CC1. The first kappa shape index (κ1) is 14.7. The van der Waals surface area contributed by atoms with E-state index in [-0.39, 0.29) is 17.7 Å². The molecule has 20 heavy (non-hydrogen) atoms. The first-order chi connectivity index (χ1) is 9.44. The smallest absolute Gasteiger partial charge is 0.317 e. The van der Waals surface area contributed by atoms with Crippen LogP contribution in [-0.2, 0) is 0 Å². The van der Waals surface area contributed by atoms with Crippen LogP contribution in [0.2, 0.25) is 0 Å². The third kappa shape index (κ3) is 4.44. The second-order valence-corrected chi connectivity index (χ2v) is 6.30. The van der Waals surface area contributed by atoms with Gasteiger partial charge in [0.15, 0.2) is 0 Å². The van der Waals surface area contributed by atoms with E-state index in [1.54, 1.807) is 0 Å². The number of rotatable bonds is 2. The Hall–Kier alpha value is -1.71. The average molecular weight is 276 g/mol. The zero-order chi connectivity index (χ0) is 14.6. The van der Waals surface area contributed by atoms with E-state index in [0.717, 1.165) is 31.7 Å². The Morgan fingerprint density at radius 2 is 1.80 bits per heavy atom. The maximum atomic E-state index is 12.1. The van der Waals surface area contributed by atoms with Crippen molar-refractivity contribution >= 4 is 6.03 Å². The monoisotopic (exact) mass is 276 g/mol. The first-order valence-electron chi connectivity index (χ1n) is 7.23. The van der Waals surface area contributed by atoms with Gasteiger partial charge in [-0.3, -0.25) is 0 Å². The quantitative estimate of drug-likeness (QED) is 0.902. The fraction of sp³-hybridized carbons (Fsp3) is 0.562. The summed E-state index contributed by atoms with van der Waals surface area (Å²) >= 11 is 0. The van der Waals surface area contributed by atoms with Crippen LogP contribution < -0.4 is 10.1 Å². The van der Waals surface area contributed by atoms with Crippen molar-refractivity contribution in [2.45, 2.75) is 45.3 Å². The number of ether oxygens (including phenoxy) is 1. The van der Waals surface area contributed by atoms with Gasteiger partial charge in [-0.25, -0.2) is 4.79 Å². The molecule has 4 nitrogen and oxygen atoms in total. The molecule has 0 unspecified atom stereocenters. The van der Waals surface area contributed by atoms with Gasteiger partial charge < -0.3 is 15.0 Å². The molecule has 0 spiro atoms. The van der Waals surface area contributed by atoms with Gasteiger partial charge >= 0.3 is 6.03 Å². The van der Waals surface area contributed by atoms with Gasteiger partial charge in [0.1, 0.15) is 11.9 Å². The van der Waals surface area contributed by atoms with Crippen LogP contribution in [0.3, 0.4) is 0 Å². The minimum absolute atomic E-state index is 0.0238. The van der Waals surface area contributed by atoms with E-state index >= 15 is 0 Å². The molecule has 0 atom stereocenters. The Bertz CT molecular complexity index is 432. The Labute approximate surface area is 121 Å². The van der Waals surface area contributed by atoms with E-state index in [1.807, 2.05) is 56.0 Å². The van der Waals surface area contributed by atoms with Crippen LogP contribution in [0.4, 0.5) is 4.79 Å². The number of likely N-dealkylation sites (tertiary alicyclic amines) is 1. The number of piperidine rings is 1. The molecule has 0 radical (unpaired) electrons. The molecule has 1 saturated heterocycles. The summed E-state index contributed by atoms with van der Waals surface area (Å²) in [4.78, 5) is 13.9. The number of nitrogens with zero attached hydrogens (tertiary/aromatic N) is 1. The van der Waals surface area contributed by atoms with E-state index in [1.165, 1.54) is 0 Å². The molecule has 0 aliphatic carbocycles. The van der Waals surface area contributed by atoms with Crippen molar-refractivity contribution in [2.75, 3.05) is 13.1 Å². The second-order valence-electron chi connectivity index (χ2n) is 6.30. The molecule has 1 aromatic carbocycles. The number of amides is 2. The molecule has 1 aliphatic heterocycles. The number of hydrogen-bond donors (Lipinski definition) is 1. The highest BCUT2D eigenvalue weighted by atomic mass is 16.5. The Morgan fingerprint density at radius 3 is 2.35 bits per heavy atom. The van der Waals surface area contributed by atoms with Gasteiger partial charge in [0.2, 0.25) is 0 Å². The highest BCUT2D eigenvalue weighted by Crippen LogP contribution is 2.18. The normalized spacial score (nSPS) is 16.9. The number of benzene rings is 1. The van der Waals surface area contributed by atoms with Gasteiger partial charge in [0.05, 0.1) is 0 Å². The molecule has 2 rings (SSSR count). The summed E-state index contributed by atoms with van der Waals surface area (Å²) in [6, 6.07) is 9.89. The van der Waals surface area contributed by atoms with Crippen molar-refractivity contribution in [1.29, 1.82) is 0 Å². The largest absolute Gasteiger partial charge is 0.490 e. The number of nitrogens with one attached hydrogen (secondary N) is 1. The molecular weight excluding hydrogens is 252 g/mol. The van der Waals surface area contributed by atoms with Crippen molar-refractivity contribution in [1.82, 2.24) is 10.2 Å². The van der Waals surface area contributed by atoms with E-state index in [2.05, 4.69) is 5.32 Å². The van der Waals surface area contributed by atoms with Crippen molar-refractivity contribution in [3.8, 4) is 5.75 Å². The van der Waals surface area contributed by atoms with Gasteiger partial charge in [-0.1, -0.05) is 18.2 Å². The zero-order valence-electron chi connectivity index (χ0n) is 12.6. The zero-order valence-corrected chi connectivity index (χ0v) is 12.6. The van der Waals surface area contributed by atoms with Crippen molar-refractivity contribution in [2.24, 2.45) is 0 Å². The van der Waals surface area contributed by atoms with E-state index in [4.69, 9.17) is 4.74 Å². The predicted octanol–water partition coefficient (Wildman–Crippen LogP) is 3.04. The van der Waals surface area contributed by atoms with Crippen LogP contribution in [0.15, 0.2) is 30.3 Å². The van der Waals surface area contributed by atoms with Crippen LogP contribution in [0, 0.1) is 0 Å². The minimum Gasteiger partial charge on any atom is -0.490 e. The Balaban J connectivity index is 1.79. The summed E-state index contributed by atoms with van der Waals surface area (Å²) in [5.74, 6) is 0.907. The molecule has 1 fully saturated rings. The lowest BCUT2D eigenvalue weighted by atomic mass is 10.1. The number of carbonyl (C=O) groups is 1. The number of para-hydroxylation sites is 1. The Morgan fingerprint density at radius 1 is 1.20 bits per heavy atom. The molecule has 0 saturated carbocycles. The third-order valence-corrected chi connectivity index (χ3v) is 3.26. The van der Waals surface area contributed by atoms with E-state index < -0.39 is 0 Å². The summed E-state index contributed by atoms with van der Waals surface area (Å²) in [7, 11) is 0. The minimum atomic E-state index is -0.186. The molecular formula is C16H24N2O2. The van der Waals surface area contributed by atoms with Gasteiger partial charge in [0.25, 0.3) is 0 Å². The molecule has 4 heteroatoms. The predicted molar refractivity (Wildman–Crippen MR) is 79.9 cm³/mol. The summed E-state index contributed by atoms with van der Waals surface area (Å²) in [6.07, 6.45) is 1.97. The highest BCUT2D eigenvalue weighted by Gasteiger charge is 2.25. The number of carbonyl (C=O) groups excluding carboxylic acids is 1. The average Bonchev–Trinajstić information content (AvgIpc) is 2.39. The summed E-state index contributed by atoms with van der Waals surface area (Å²) in [6.45, 7) is 7.49. The lowest BCUT2D eigenvalue weighted by Gasteiger charge is -2.34. The standard InChI is InChI=1S/C16H24N2O2/c1-16(2,3)17-15(19)18-11-9-14(10-12-18)20-13-7-5-4-6-8-13/h4-8,14H,9-12H2,1-3H3,(H,17,19). The maximum absolute atomic E-state index is 12.1. The van der Waals surface area contributed by atoms with Crippen molar-refractivity contribution in [3.63, 3.8) is 0 Å². The lowest BCUT2D eigenvalue weighted by molar-refractivity contribution is 0.108. The van der Waals surface area contributed by atoms with Crippen molar-refractivity contribution < 1.29 is 9.53 Å². The molecule has 110 valence electrons. The van der Waals surface area contributed by atoms with Crippen LogP contribution in [-0.4, -0.2) is 35.7 Å². The molecule has 2 amide bonds. The Kier molecular flexibility index (Phi) is 4.53. The van der Waals surface area contributed by atoms with Crippen LogP contribution >= 0.6 is 0 Å². The molecule has 1 aromatic rings.